The molecule has 2 heterocycles. The normalized spacial score (nSPS) is 17.2. The van der Waals surface area contributed by atoms with Gasteiger partial charge in [-0.1, -0.05) is 6.07 Å². The maximum absolute atomic E-state index is 13.8. The van der Waals surface area contributed by atoms with Crippen LogP contribution < -0.4 is 15.1 Å². The van der Waals surface area contributed by atoms with Crippen LogP contribution in [0, 0.1) is 5.82 Å². The van der Waals surface area contributed by atoms with Gasteiger partial charge in [-0.3, -0.25) is 4.79 Å². The van der Waals surface area contributed by atoms with Crippen molar-refractivity contribution in [1.82, 2.24) is 5.32 Å². The number of carbonyl (C=O) groups excluding carboxylic acids is 1. The molecule has 6 rings (SSSR count). The number of sulfonamides is 1. The van der Waals surface area contributed by atoms with Gasteiger partial charge in [-0.2, -0.15) is 0 Å². The minimum atomic E-state index is -3.92. The summed E-state index contributed by atoms with van der Waals surface area (Å²) in [7, 11) is -1.57. The molecule has 2 aliphatic rings. The van der Waals surface area contributed by atoms with Crippen LogP contribution >= 0.6 is 0 Å². The second kappa shape index (κ2) is 12.6. The first-order valence-electron chi connectivity index (χ1n) is 15.8. The molecular weight excluding hydrogens is 638 g/mol. The highest BCUT2D eigenvalue weighted by molar-refractivity contribution is 7.92. The second-order valence-electron chi connectivity index (χ2n) is 13.3. The van der Waals surface area contributed by atoms with E-state index in [1.165, 1.54) is 30.6 Å². The van der Waals surface area contributed by atoms with Crippen LogP contribution in [-0.2, 0) is 35.4 Å². The third-order valence-electron chi connectivity index (χ3n) is 9.29. The van der Waals surface area contributed by atoms with Crippen LogP contribution in [0.3, 0.4) is 0 Å². The van der Waals surface area contributed by atoms with Gasteiger partial charge in [-0.25, -0.2) is 17.1 Å². The molecule has 1 aromatic heterocycles. The van der Waals surface area contributed by atoms with Crippen LogP contribution in [0.5, 0.6) is 0 Å². The van der Waals surface area contributed by atoms with E-state index < -0.39 is 34.2 Å². The molecule has 0 radical (unpaired) electrons. The number of furan rings is 1. The molecular formula is C35H40BFN2O8S. The standard InChI is InChI=1S/C35H40BFN2O8S/c1-34(2)35(3,4)47-36(46-34)28-15-14-25(16-23(28)19-44-20-43-6)39(48(7,41)42)29-18-30-27(17-26(29)21-8-9-21)31(33(40)38-5)32(45-30)22-10-12-24(37)13-11-22/h10-18,21H,8-9,19-20H2,1-7H3,(H,38,40). The van der Waals surface area contributed by atoms with Gasteiger partial charge in [-0.05, 0) is 106 Å². The number of carbonyl (C=O) groups is 1. The summed E-state index contributed by atoms with van der Waals surface area (Å²) < 4.78 is 72.4. The molecule has 0 unspecified atom stereocenters. The second-order valence-corrected chi connectivity index (χ2v) is 15.2. The number of hydrogen-bond acceptors (Lipinski definition) is 8. The SMILES string of the molecule is CNC(=O)c1c(-c2ccc(F)cc2)oc2cc(N(c3ccc(B4OC(C)(C)C(C)(C)O4)c(COCOC)c3)S(C)(=O)=O)c(C3CC3)cc12. The largest absolute Gasteiger partial charge is 0.495 e. The lowest BCUT2D eigenvalue weighted by molar-refractivity contribution is -0.0388. The molecule has 0 spiro atoms. The van der Waals surface area contributed by atoms with Crippen molar-refractivity contribution in [3.05, 3.63) is 77.1 Å². The van der Waals surface area contributed by atoms with Gasteiger partial charge in [0, 0.05) is 31.2 Å². The molecule has 1 N–H and O–H groups in total. The molecule has 0 atom stereocenters. The van der Waals surface area contributed by atoms with Gasteiger partial charge in [0.05, 0.1) is 41.0 Å². The number of amides is 1. The predicted octanol–water partition coefficient (Wildman–Crippen LogP) is 5.99. The third-order valence-corrected chi connectivity index (χ3v) is 10.4. The Morgan fingerprint density at radius 3 is 2.29 bits per heavy atom. The smallest absolute Gasteiger partial charge is 0.455 e. The van der Waals surface area contributed by atoms with E-state index in [1.54, 1.807) is 36.4 Å². The number of halogens is 1. The van der Waals surface area contributed by atoms with Gasteiger partial charge in [0.25, 0.3) is 5.91 Å². The third kappa shape index (κ3) is 6.37. The van der Waals surface area contributed by atoms with E-state index in [4.69, 9.17) is 23.2 Å². The molecule has 48 heavy (non-hydrogen) atoms. The molecule has 1 saturated carbocycles. The Labute approximate surface area is 280 Å². The Balaban J connectivity index is 1.52. The minimum absolute atomic E-state index is 0.0356. The predicted molar refractivity (Wildman–Crippen MR) is 183 cm³/mol. The first kappa shape index (κ1) is 34.1. The van der Waals surface area contributed by atoms with Crippen LogP contribution in [0.15, 0.2) is 59.0 Å². The van der Waals surface area contributed by atoms with Crippen molar-refractivity contribution in [2.45, 2.75) is 64.3 Å². The molecule has 1 saturated heterocycles. The average molecular weight is 679 g/mol. The summed E-state index contributed by atoms with van der Waals surface area (Å²) in [6.07, 6.45) is 2.88. The summed E-state index contributed by atoms with van der Waals surface area (Å²) in [5.41, 5.74) is 2.91. The summed E-state index contributed by atoms with van der Waals surface area (Å²) in [4.78, 5) is 13.2. The monoisotopic (exact) mass is 678 g/mol. The van der Waals surface area contributed by atoms with Crippen LogP contribution in [0.25, 0.3) is 22.3 Å². The quantitative estimate of drug-likeness (QED) is 0.117. The summed E-state index contributed by atoms with van der Waals surface area (Å²) in [6, 6.07) is 14.5. The Bertz CT molecular complexity index is 1960. The van der Waals surface area contributed by atoms with Crippen molar-refractivity contribution in [3.8, 4) is 11.3 Å². The maximum Gasteiger partial charge on any atom is 0.495 e. The number of benzene rings is 3. The maximum atomic E-state index is 13.8. The molecule has 0 bridgehead atoms. The zero-order chi connectivity index (χ0) is 34.6. The van der Waals surface area contributed by atoms with Crippen LogP contribution in [-0.4, -0.2) is 59.9 Å². The fourth-order valence-electron chi connectivity index (χ4n) is 5.99. The number of nitrogens with one attached hydrogen (secondary N) is 1. The summed E-state index contributed by atoms with van der Waals surface area (Å²) in [5.74, 6) is -0.445. The van der Waals surface area contributed by atoms with Crippen LogP contribution in [0.2, 0.25) is 0 Å². The van der Waals surface area contributed by atoms with E-state index in [-0.39, 0.29) is 31.0 Å². The van der Waals surface area contributed by atoms with E-state index in [0.29, 0.717) is 44.5 Å². The van der Waals surface area contributed by atoms with Crippen molar-refractivity contribution in [2.24, 2.45) is 0 Å². The van der Waals surface area contributed by atoms with Crippen molar-refractivity contribution < 1.29 is 40.8 Å². The van der Waals surface area contributed by atoms with Crippen molar-refractivity contribution >= 4 is 50.9 Å². The Morgan fingerprint density at radius 1 is 1.04 bits per heavy atom. The van der Waals surface area contributed by atoms with Crippen molar-refractivity contribution in [1.29, 1.82) is 0 Å². The summed E-state index contributed by atoms with van der Waals surface area (Å²) >= 11 is 0. The van der Waals surface area contributed by atoms with Gasteiger partial charge < -0.3 is 28.5 Å². The van der Waals surface area contributed by atoms with Gasteiger partial charge in [-0.15, -0.1) is 0 Å². The van der Waals surface area contributed by atoms with Gasteiger partial charge in [0.2, 0.25) is 10.0 Å². The summed E-state index contributed by atoms with van der Waals surface area (Å²) in [6.45, 7) is 8.02. The highest BCUT2D eigenvalue weighted by atomic mass is 32.2. The molecule has 1 amide bonds. The molecule has 1 aliphatic carbocycles. The molecule has 1 aliphatic heterocycles. The first-order valence-corrected chi connectivity index (χ1v) is 17.6. The Kier molecular flexibility index (Phi) is 8.97. The zero-order valence-corrected chi connectivity index (χ0v) is 29.0. The fourth-order valence-corrected chi connectivity index (χ4v) is 7.00. The van der Waals surface area contributed by atoms with Gasteiger partial charge >= 0.3 is 7.12 Å². The van der Waals surface area contributed by atoms with Crippen molar-refractivity contribution in [2.75, 3.05) is 31.5 Å². The number of anilines is 2. The lowest BCUT2D eigenvalue weighted by Crippen LogP contribution is -2.41. The van der Waals surface area contributed by atoms with Crippen LogP contribution in [0.4, 0.5) is 15.8 Å². The van der Waals surface area contributed by atoms with E-state index >= 15 is 0 Å². The molecule has 254 valence electrons. The van der Waals surface area contributed by atoms with Crippen LogP contribution in [0.1, 0.15) is 67.9 Å². The summed E-state index contributed by atoms with van der Waals surface area (Å²) in [5, 5.41) is 3.22. The Morgan fingerprint density at radius 2 is 1.71 bits per heavy atom. The molecule has 13 heteroatoms. The number of ether oxygens (including phenoxy) is 2. The lowest BCUT2D eigenvalue weighted by atomic mass is 9.76. The number of nitrogens with zero attached hydrogens (tertiary/aromatic N) is 1. The average Bonchev–Trinajstić information content (AvgIpc) is 3.75. The number of fused-ring (bicyclic) bond motifs is 1. The Hall–Kier alpha value is -3.75. The van der Waals surface area contributed by atoms with Gasteiger partial charge in [0.15, 0.2) is 0 Å². The number of hydrogen-bond donors (Lipinski definition) is 1. The number of methoxy groups -OCH3 is 1. The lowest BCUT2D eigenvalue weighted by Gasteiger charge is -2.32. The first-order chi connectivity index (χ1) is 22.6. The number of rotatable bonds is 11. The molecule has 3 aromatic carbocycles. The van der Waals surface area contributed by atoms with Crippen molar-refractivity contribution in [3.63, 3.8) is 0 Å². The van der Waals surface area contributed by atoms with E-state index in [2.05, 4.69) is 5.32 Å². The highest BCUT2D eigenvalue weighted by Gasteiger charge is 2.52. The molecule has 10 nitrogen and oxygen atoms in total. The zero-order valence-electron chi connectivity index (χ0n) is 28.2. The van der Waals surface area contributed by atoms with E-state index in [9.17, 15) is 17.6 Å². The minimum Gasteiger partial charge on any atom is -0.455 e. The highest BCUT2D eigenvalue weighted by Crippen LogP contribution is 2.49. The van der Waals surface area contributed by atoms with Gasteiger partial charge in [0.1, 0.15) is 24.0 Å². The molecule has 2 fully saturated rings. The van der Waals surface area contributed by atoms with E-state index in [1.807, 2.05) is 33.8 Å². The van der Waals surface area contributed by atoms with E-state index in [0.717, 1.165) is 24.7 Å². The fraction of sp³-hybridized carbons (Fsp3) is 0.400. The topological polar surface area (TPSA) is 117 Å². The molecule has 4 aromatic rings.